The van der Waals surface area contributed by atoms with E-state index in [4.69, 9.17) is 9.72 Å². The molecule has 4 aliphatic heterocycles. The number of amides is 4. The molecule has 4 N–H and O–H groups in total. The van der Waals surface area contributed by atoms with Crippen LogP contribution in [0.5, 0.6) is 5.75 Å². The Bertz CT molecular complexity index is 2120. The number of carbonyl (C=O) groups excluding carboxylic acids is 4. The Hall–Kier alpha value is -5.35. The van der Waals surface area contributed by atoms with Gasteiger partial charge in [-0.05, 0) is 80.8 Å². The van der Waals surface area contributed by atoms with Crippen molar-refractivity contribution in [1.82, 2.24) is 25.5 Å². The molecule has 5 heterocycles. The van der Waals surface area contributed by atoms with Gasteiger partial charge in [0, 0.05) is 75.9 Å². The number of aromatic nitrogens is 2. The average Bonchev–Trinajstić information content (AvgIpc) is 3.76. The molecule has 5 aliphatic rings. The smallest absolute Gasteiger partial charge is 0.251 e. The molecule has 3 saturated heterocycles. The number of likely N-dealkylation sites (tertiary alicyclic amines) is 1. The van der Waals surface area contributed by atoms with Crippen molar-refractivity contribution in [3.05, 3.63) is 59.5 Å². The predicted octanol–water partition coefficient (Wildman–Crippen LogP) is 4.48. The molecule has 8 rings (SSSR count). The summed E-state index contributed by atoms with van der Waals surface area (Å²) in [4.78, 5) is 68.7. The third-order valence-corrected chi connectivity index (χ3v) is 13.3. The highest BCUT2D eigenvalue weighted by Crippen LogP contribution is 2.41. The second-order valence-corrected chi connectivity index (χ2v) is 17.1. The molecule has 60 heavy (non-hydrogen) atoms. The van der Waals surface area contributed by atoms with Crippen molar-refractivity contribution in [2.45, 2.75) is 94.7 Å². The zero-order valence-electron chi connectivity index (χ0n) is 34.7. The minimum Gasteiger partial charge on any atom is -0.495 e. The number of halogens is 1. The summed E-state index contributed by atoms with van der Waals surface area (Å²) in [7, 11) is 3.32. The first kappa shape index (κ1) is 41.4. The average molecular weight is 826 g/mol. The summed E-state index contributed by atoms with van der Waals surface area (Å²) in [5.41, 5.74) is 2.23. The van der Waals surface area contributed by atoms with Gasteiger partial charge >= 0.3 is 0 Å². The van der Waals surface area contributed by atoms with E-state index in [0.29, 0.717) is 91.0 Å². The van der Waals surface area contributed by atoms with Gasteiger partial charge in [-0.2, -0.15) is 4.98 Å². The number of hydrogen-bond acceptors (Lipinski definition) is 12. The maximum Gasteiger partial charge on any atom is 0.251 e. The van der Waals surface area contributed by atoms with Crippen molar-refractivity contribution < 1.29 is 33.4 Å². The fourth-order valence-electron chi connectivity index (χ4n) is 9.88. The summed E-state index contributed by atoms with van der Waals surface area (Å²) < 4.78 is 21.0. The Morgan fingerprint density at radius 1 is 1.05 bits per heavy atom. The lowest BCUT2D eigenvalue weighted by molar-refractivity contribution is -0.134. The number of piperidine rings is 2. The minimum absolute atomic E-state index is 0.0535. The summed E-state index contributed by atoms with van der Waals surface area (Å²) in [5.74, 6) is 0.145. The van der Waals surface area contributed by atoms with Crippen molar-refractivity contribution in [2.75, 3.05) is 73.5 Å². The van der Waals surface area contributed by atoms with Crippen molar-refractivity contribution in [3.63, 3.8) is 0 Å². The highest BCUT2D eigenvalue weighted by atomic mass is 19.1. The van der Waals surface area contributed by atoms with Crippen LogP contribution < -0.4 is 35.4 Å². The molecule has 1 saturated carbocycles. The van der Waals surface area contributed by atoms with Crippen LogP contribution >= 0.6 is 0 Å². The molecule has 2 aromatic carbocycles. The Morgan fingerprint density at radius 2 is 1.82 bits per heavy atom. The fraction of sp³-hybridized carbons (Fsp3) is 0.545. The van der Waals surface area contributed by atoms with E-state index in [1.807, 2.05) is 11.8 Å². The first-order valence-corrected chi connectivity index (χ1v) is 21.4. The number of fused-ring (bicyclic) bond motifs is 1. The second-order valence-electron chi connectivity index (χ2n) is 17.1. The van der Waals surface area contributed by atoms with Crippen molar-refractivity contribution in [3.8, 4) is 5.75 Å². The van der Waals surface area contributed by atoms with Gasteiger partial charge in [-0.25, -0.2) is 9.37 Å². The summed E-state index contributed by atoms with van der Waals surface area (Å²) in [6.45, 7) is 5.76. The molecule has 4 amide bonds. The van der Waals surface area contributed by atoms with Gasteiger partial charge in [0.05, 0.1) is 30.6 Å². The van der Waals surface area contributed by atoms with Gasteiger partial charge in [0.1, 0.15) is 23.3 Å². The third-order valence-electron chi connectivity index (χ3n) is 13.3. The number of ether oxygens (including phenoxy) is 1. The summed E-state index contributed by atoms with van der Waals surface area (Å²) in [6.07, 6.45) is 9.08. The van der Waals surface area contributed by atoms with Crippen LogP contribution in [0.1, 0.15) is 93.0 Å². The van der Waals surface area contributed by atoms with Gasteiger partial charge in [0.2, 0.25) is 23.7 Å². The SMILES string of the molecule is CC[C@@H]1C(=O)N(C)c2cnc(Nc3ccc(C(=O)NC4(CCO)CCN(CC5CN(c6ccc(C7CCC(=O)NC7=O)cc6F)C5)CC4)cc3OC)nc2N1C1CCCC1. The number of hydrogen-bond donors (Lipinski definition) is 4. The molecule has 320 valence electrons. The molecule has 0 bridgehead atoms. The number of carbonyl (C=O) groups is 4. The highest BCUT2D eigenvalue weighted by Gasteiger charge is 2.42. The molecule has 16 heteroatoms. The van der Waals surface area contributed by atoms with E-state index in [9.17, 15) is 24.3 Å². The van der Waals surface area contributed by atoms with E-state index in [1.54, 1.807) is 55.6 Å². The summed E-state index contributed by atoms with van der Waals surface area (Å²) >= 11 is 0. The van der Waals surface area contributed by atoms with E-state index in [2.05, 4.69) is 30.7 Å². The number of nitrogens with zero attached hydrogens (tertiary/aromatic N) is 6. The third kappa shape index (κ3) is 8.23. The van der Waals surface area contributed by atoms with E-state index < -0.39 is 11.5 Å². The van der Waals surface area contributed by atoms with Crippen LogP contribution in [0.15, 0.2) is 42.6 Å². The lowest BCUT2D eigenvalue weighted by atomic mass is 9.83. The number of rotatable bonds is 13. The Balaban J connectivity index is 0.868. The maximum atomic E-state index is 15.2. The molecule has 3 aromatic rings. The molecule has 15 nitrogen and oxygen atoms in total. The normalized spacial score (nSPS) is 22.4. The number of aliphatic hydroxyl groups excluding tert-OH is 1. The number of likely N-dealkylation sites (N-methyl/N-ethyl adjacent to an activating group) is 1. The molecular weight excluding hydrogens is 770 g/mol. The Kier molecular flexibility index (Phi) is 12.0. The Morgan fingerprint density at radius 3 is 2.50 bits per heavy atom. The van der Waals surface area contributed by atoms with Gasteiger partial charge in [-0.15, -0.1) is 0 Å². The molecule has 1 aliphatic carbocycles. The van der Waals surface area contributed by atoms with Crippen LogP contribution in [-0.2, 0) is 14.4 Å². The van der Waals surface area contributed by atoms with E-state index in [-0.39, 0.29) is 54.6 Å². The summed E-state index contributed by atoms with van der Waals surface area (Å²) in [6, 6.07) is 10.1. The molecular formula is C44H56FN9O6. The lowest BCUT2D eigenvalue weighted by Gasteiger charge is -2.47. The quantitative estimate of drug-likeness (QED) is 0.179. The zero-order chi connectivity index (χ0) is 42.1. The number of aliphatic hydroxyl groups is 1. The highest BCUT2D eigenvalue weighted by molar-refractivity contribution is 6.04. The van der Waals surface area contributed by atoms with Gasteiger partial charge in [0.25, 0.3) is 5.91 Å². The van der Waals surface area contributed by atoms with Gasteiger partial charge in [-0.3, -0.25) is 24.5 Å². The number of imide groups is 1. The largest absolute Gasteiger partial charge is 0.495 e. The molecule has 1 unspecified atom stereocenters. The molecule has 0 radical (unpaired) electrons. The second kappa shape index (κ2) is 17.3. The van der Waals surface area contributed by atoms with Gasteiger partial charge in [-0.1, -0.05) is 25.8 Å². The van der Waals surface area contributed by atoms with Crippen LogP contribution in [0.25, 0.3) is 0 Å². The van der Waals surface area contributed by atoms with Crippen LogP contribution in [0.2, 0.25) is 0 Å². The standard InChI is InChI=1S/C44H56FN9O6/c1-4-34-42(59)51(2)36-23-46-43(49-39(36)54(34)30-7-5-6-8-30)47-33-12-9-29(22-37(33)60-3)40(57)50-44(17-20-55)15-18-52(19-16-44)24-27-25-53(26-27)35-13-10-28(21-32(35)45)31-11-14-38(56)48-41(31)58/h9-10,12-13,21-23,27,30-31,34,55H,4-8,11,14-20,24-26H2,1-3H3,(H,50,57)(H,46,47,49)(H,48,56,58)/t31?,34-/m1/s1. The first-order chi connectivity index (χ1) is 29.0. The molecule has 2 atom stereocenters. The monoisotopic (exact) mass is 825 g/mol. The fourth-order valence-corrected chi connectivity index (χ4v) is 9.88. The number of nitrogens with one attached hydrogen (secondary N) is 3. The number of methoxy groups -OCH3 is 1. The van der Waals surface area contributed by atoms with Gasteiger partial charge < -0.3 is 40.1 Å². The van der Waals surface area contributed by atoms with Crippen LogP contribution in [0.3, 0.4) is 0 Å². The van der Waals surface area contributed by atoms with Crippen molar-refractivity contribution >= 4 is 52.5 Å². The van der Waals surface area contributed by atoms with Crippen molar-refractivity contribution in [2.24, 2.45) is 5.92 Å². The predicted molar refractivity (Wildman–Crippen MR) is 225 cm³/mol. The number of anilines is 5. The van der Waals surface area contributed by atoms with Gasteiger partial charge in [0.15, 0.2) is 5.82 Å². The van der Waals surface area contributed by atoms with Crippen molar-refractivity contribution in [1.29, 1.82) is 0 Å². The van der Waals surface area contributed by atoms with E-state index >= 15 is 4.39 Å². The molecule has 1 aromatic heterocycles. The Labute approximate surface area is 350 Å². The molecule has 0 spiro atoms. The topological polar surface area (TPSA) is 173 Å². The van der Waals surface area contributed by atoms with Crippen LogP contribution in [0, 0.1) is 11.7 Å². The van der Waals surface area contributed by atoms with Crippen LogP contribution in [-0.4, -0.2) is 115 Å². The van der Waals surface area contributed by atoms with E-state index in [0.717, 1.165) is 51.1 Å². The minimum atomic E-state index is -0.571. The zero-order valence-corrected chi connectivity index (χ0v) is 34.7. The molecule has 4 fully saturated rings. The summed E-state index contributed by atoms with van der Waals surface area (Å²) in [5, 5.41) is 19.0. The maximum absolute atomic E-state index is 15.2. The number of benzene rings is 2. The lowest BCUT2D eigenvalue weighted by Crippen LogP contribution is -2.58. The van der Waals surface area contributed by atoms with Crippen LogP contribution in [0.4, 0.5) is 33.2 Å². The van der Waals surface area contributed by atoms with E-state index in [1.165, 1.54) is 6.07 Å². The first-order valence-electron chi connectivity index (χ1n) is 21.4.